The Hall–Kier alpha value is -2.90. The Balaban J connectivity index is 1.39. The molecule has 7 heteroatoms. The van der Waals surface area contributed by atoms with Crippen LogP contribution in [0.15, 0.2) is 82.1 Å². The quantitative estimate of drug-likeness (QED) is 0.213. The molecule has 4 rings (SSSR count). The summed E-state index contributed by atoms with van der Waals surface area (Å²) in [5.74, 6) is 0.185. The second kappa shape index (κ2) is 11.1. The molecule has 5 nitrogen and oxygen atoms in total. The van der Waals surface area contributed by atoms with Crippen molar-refractivity contribution in [3.63, 3.8) is 0 Å². The molecule has 0 atom stereocenters. The molecule has 4 aromatic rings. The number of amides is 1. The number of nitrogens with zero attached hydrogens (tertiary/aromatic N) is 2. The maximum Gasteiger partial charge on any atom is 0.262 e. The smallest absolute Gasteiger partial charge is 0.262 e. The molecule has 0 spiro atoms. The molecular weight excluding hydrogens is 438 g/mol. The molecule has 2 heterocycles. The highest BCUT2D eigenvalue weighted by atomic mass is 32.2. The normalized spacial score (nSPS) is 11.0. The highest BCUT2D eigenvalue weighted by Crippen LogP contribution is 2.19. The lowest BCUT2D eigenvalue weighted by molar-refractivity contribution is -0.118. The van der Waals surface area contributed by atoms with Gasteiger partial charge in [-0.1, -0.05) is 60.3 Å². The van der Waals surface area contributed by atoms with E-state index in [4.69, 9.17) is 4.98 Å². The van der Waals surface area contributed by atoms with E-state index in [0.29, 0.717) is 29.1 Å². The number of aryl methyl sites for hydroxylation is 2. The molecule has 32 heavy (non-hydrogen) atoms. The number of para-hydroxylation sites is 1. The van der Waals surface area contributed by atoms with Gasteiger partial charge in [-0.2, -0.15) is 0 Å². The fourth-order valence-corrected chi connectivity index (χ4v) is 5.03. The van der Waals surface area contributed by atoms with Gasteiger partial charge >= 0.3 is 0 Å². The summed E-state index contributed by atoms with van der Waals surface area (Å²) in [6, 6.07) is 21.7. The van der Waals surface area contributed by atoms with Crippen molar-refractivity contribution in [2.75, 3.05) is 12.3 Å². The molecule has 0 radical (unpaired) electrons. The number of thioether (sulfide) groups is 1. The number of aromatic nitrogens is 2. The van der Waals surface area contributed by atoms with Crippen LogP contribution in [0.5, 0.6) is 0 Å². The molecular formula is C25H25N3O2S2. The molecule has 0 aliphatic rings. The van der Waals surface area contributed by atoms with E-state index in [9.17, 15) is 9.59 Å². The van der Waals surface area contributed by atoms with Gasteiger partial charge in [-0.15, -0.1) is 11.3 Å². The lowest BCUT2D eigenvalue weighted by atomic mass is 10.1. The predicted octanol–water partition coefficient (Wildman–Crippen LogP) is 4.54. The molecule has 2 aromatic heterocycles. The second-order valence-corrected chi connectivity index (χ2v) is 9.40. The summed E-state index contributed by atoms with van der Waals surface area (Å²) in [6.45, 7) is 1.17. The summed E-state index contributed by atoms with van der Waals surface area (Å²) in [7, 11) is 0. The Kier molecular flexibility index (Phi) is 7.74. The van der Waals surface area contributed by atoms with Crippen LogP contribution < -0.4 is 10.9 Å². The van der Waals surface area contributed by atoms with Crippen LogP contribution in [0.1, 0.15) is 16.9 Å². The third kappa shape index (κ3) is 5.87. The number of benzene rings is 2. The van der Waals surface area contributed by atoms with Gasteiger partial charge < -0.3 is 5.32 Å². The van der Waals surface area contributed by atoms with E-state index < -0.39 is 0 Å². The summed E-state index contributed by atoms with van der Waals surface area (Å²) in [4.78, 5) is 31.4. The van der Waals surface area contributed by atoms with Crippen molar-refractivity contribution in [3.8, 4) is 0 Å². The van der Waals surface area contributed by atoms with E-state index in [0.717, 1.165) is 19.3 Å². The summed E-state index contributed by atoms with van der Waals surface area (Å²) in [5, 5.41) is 6.20. The zero-order valence-corrected chi connectivity index (χ0v) is 19.3. The van der Waals surface area contributed by atoms with Crippen molar-refractivity contribution >= 4 is 39.9 Å². The Morgan fingerprint density at radius 3 is 2.62 bits per heavy atom. The number of carbonyl (C=O) groups excluding carboxylic acids is 1. The fourth-order valence-electron chi connectivity index (χ4n) is 3.48. The van der Waals surface area contributed by atoms with Crippen LogP contribution in [-0.2, 0) is 24.2 Å². The zero-order chi connectivity index (χ0) is 22.2. The Bertz CT molecular complexity index is 1220. The molecule has 2 aromatic carbocycles. The van der Waals surface area contributed by atoms with Gasteiger partial charge in [-0.05, 0) is 48.4 Å². The minimum absolute atomic E-state index is 0.0460. The fraction of sp³-hybridized carbons (Fsp3) is 0.240. The van der Waals surface area contributed by atoms with Crippen molar-refractivity contribution in [2.45, 2.75) is 31.0 Å². The number of thiophene rings is 1. The molecule has 1 amide bonds. The Morgan fingerprint density at radius 1 is 1.00 bits per heavy atom. The van der Waals surface area contributed by atoms with Gasteiger partial charge in [0.1, 0.15) is 0 Å². The number of nitrogens with one attached hydrogen (secondary N) is 1. The maximum atomic E-state index is 13.1. The van der Waals surface area contributed by atoms with Gasteiger partial charge in [-0.3, -0.25) is 14.2 Å². The molecule has 0 bridgehead atoms. The Morgan fingerprint density at radius 2 is 1.81 bits per heavy atom. The standard InChI is InChI=1S/C25H25N3O2S2/c29-23(26-15-6-10-19-8-2-1-3-9-19)18-32-25-27-22-13-5-4-12-21(22)24(30)28(25)16-14-20-11-7-17-31-20/h1-5,7-9,11-13,17H,6,10,14-16,18H2,(H,26,29). The van der Waals surface area contributed by atoms with Crippen LogP contribution >= 0.6 is 23.1 Å². The van der Waals surface area contributed by atoms with E-state index in [1.807, 2.05) is 47.8 Å². The number of hydrogen-bond acceptors (Lipinski definition) is 5. The van der Waals surface area contributed by atoms with Crippen LogP contribution in [-0.4, -0.2) is 27.8 Å². The van der Waals surface area contributed by atoms with E-state index in [2.05, 4.69) is 23.5 Å². The van der Waals surface area contributed by atoms with Gasteiger partial charge in [-0.25, -0.2) is 4.98 Å². The van der Waals surface area contributed by atoms with Gasteiger partial charge in [0.05, 0.1) is 16.7 Å². The van der Waals surface area contributed by atoms with Gasteiger partial charge in [0.25, 0.3) is 5.56 Å². The number of carbonyl (C=O) groups is 1. The summed E-state index contributed by atoms with van der Waals surface area (Å²) < 4.78 is 1.70. The lowest BCUT2D eigenvalue weighted by Crippen LogP contribution is -2.28. The molecule has 0 unspecified atom stereocenters. The summed E-state index contributed by atoms with van der Waals surface area (Å²) >= 11 is 3.00. The van der Waals surface area contributed by atoms with Crippen molar-refractivity contribution < 1.29 is 4.79 Å². The molecule has 164 valence electrons. The highest BCUT2D eigenvalue weighted by Gasteiger charge is 2.13. The zero-order valence-electron chi connectivity index (χ0n) is 17.7. The third-order valence-electron chi connectivity index (χ3n) is 5.13. The first-order chi connectivity index (χ1) is 15.7. The van der Waals surface area contributed by atoms with E-state index in [1.54, 1.807) is 22.0 Å². The van der Waals surface area contributed by atoms with Gasteiger partial charge in [0.2, 0.25) is 5.91 Å². The van der Waals surface area contributed by atoms with Gasteiger partial charge in [0.15, 0.2) is 5.16 Å². The van der Waals surface area contributed by atoms with Crippen LogP contribution in [0.4, 0.5) is 0 Å². The average Bonchev–Trinajstić information content (AvgIpc) is 3.34. The predicted molar refractivity (Wildman–Crippen MR) is 133 cm³/mol. The monoisotopic (exact) mass is 463 g/mol. The molecule has 1 N–H and O–H groups in total. The number of rotatable bonds is 10. The first-order valence-corrected chi connectivity index (χ1v) is 12.5. The van der Waals surface area contributed by atoms with Crippen LogP contribution in [0.2, 0.25) is 0 Å². The third-order valence-corrected chi connectivity index (χ3v) is 7.04. The maximum absolute atomic E-state index is 13.1. The van der Waals surface area contributed by atoms with Crippen molar-refractivity contribution in [1.29, 1.82) is 0 Å². The highest BCUT2D eigenvalue weighted by molar-refractivity contribution is 7.99. The van der Waals surface area contributed by atoms with Crippen molar-refractivity contribution in [1.82, 2.24) is 14.9 Å². The lowest BCUT2D eigenvalue weighted by Gasteiger charge is -2.13. The Labute approximate surface area is 195 Å². The van der Waals surface area contributed by atoms with Crippen molar-refractivity contribution in [2.24, 2.45) is 0 Å². The topological polar surface area (TPSA) is 64.0 Å². The minimum Gasteiger partial charge on any atom is -0.355 e. The first kappa shape index (κ1) is 22.3. The van der Waals surface area contributed by atoms with Gasteiger partial charge in [0, 0.05) is 18.0 Å². The number of fused-ring (bicyclic) bond motifs is 1. The molecule has 0 aliphatic carbocycles. The van der Waals surface area contributed by atoms with E-state index in [1.165, 1.54) is 22.2 Å². The first-order valence-electron chi connectivity index (χ1n) is 10.7. The second-order valence-electron chi connectivity index (χ2n) is 7.43. The van der Waals surface area contributed by atoms with E-state index >= 15 is 0 Å². The SMILES string of the molecule is O=C(CSc1nc2ccccc2c(=O)n1CCc1cccs1)NCCCc1ccccc1. The molecule has 0 aliphatic heterocycles. The van der Waals surface area contributed by atoms with Crippen LogP contribution in [0, 0.1) is 0 Å². The van der Waals surface area contributed by atoms with Crippen LogP contribution in [0.3, 0.4) is 0 Å². The average molecular weight is 464 g/mol. The molecule has 0 saturated heterocycles. The van der Waals surface area contributed by atoms with Crippen molar-refractivity contribution in [3.05, 3.63) is 92.9 Å². The summed E-state index contributed by atoms with van der Waals surface area (Å²) in [6.07, 6.45) is 2.58. The number of hydrogen-bond donors (Lipinski definition) is 1. The van der Waals surface area contributed by atoms with E-state index in [-0.39, 0.29) is 17.2 Å². The summed E-state index contributed by atoms with van der Waals surface area (Å²) in [5.41, 5.74) is 1.87. The molecule has 0 fully saturated rings. The largest absolute Gasteiger partial charge is 0.355 e. The van der Waals surface area contributed by atoms with Crippen LogP contribution in [0.25, 0.3) is 10.9 Å². The minimum atomic E-state index is -0.0575. The molecule has 0 saturated carbocycles.